The van der Waals surface area contributed by atoms with E-state index in [1.807, 2.05) is 0 Å². The molecule has 9 nitrogen and oxygen atoms in total. The monoisotopic (exact) mass is 454 g/mol. The van der Waals surface area contributed by atoms with Gasteiger partial charge in [0.1, 0.15) is 5.75 Å². The average Bonchev–Trinajstić information content (AvgIpc) is 2.82. The van der Waals surface area contributed by atoms with E-state index in [1.54, 1.807) is 56.3 Å². The second-order valence-electron chi connectivity index (χ2n) is 7.60. The normalized spacial score (nSPS) is 14.5. The maximum atomic E-state index is 12.7. The summed E-state index contributed by atoms with van der Waals surface area (Å²) in [6, 6.07) is 10.6. The quantitative estimate of drug-likeness (QED) is 0.339. The maximum absolute atomic E-state index is 12.7. The Kier molecular flexibility index (Phi) is 7.78. The van der Waals surface area contributed by atoms with E-state index in [2.05, 4.69) is 5.32 Å². The zero-order chi connectivity index (χ0) is 24.0. The van der Waals surface area contributed by atoms with E-state index in [0.29, 0.717) is 49.3 Å². The van der Waals surface area contributed by atoms with Gasteiger partial charge in [-0.15, -0.1) is 0 Å². The fourth-order valence-electron chi connectivity index (χ4n) is 3.55. The molecule has 1 aliphatic rings. The highest BCUT2D eigenvalue weighted by molar-refractivity contribution is 6.04. The van der Waals surface area contributed by atoms with Crippen molar-refractivity contribution in [3.8, 4) is 5.75 Å². The first kappa shape index (κ1) is 23.9. The Labute approximate surface area is 191 Å². The van der Waals surface area contributed by atoms with Crippen molar-refractivity contribution in [1.29, 1.82) is 0 Å². The number of carbonyl (C=O) groups is 4. The minimum atomic E-state index is -1.02. The minimum Gasteiger partial charge on any atom is -0.465 e. The lowest BCUT2D eigenvalue weighted by Crippen LogP contribution is -2.39. The van der Waals surface area contributed by atoms with Crippen molar-refractivity contribution in [3.63, 3.8) is 0 Å². The molecule has 2 aromatic rings. The first-order valence-corrected chi connectivity index (χ1v) is 10.6. The van der Waals surface area contributed by atoms with E-state index in [-0.39, 0.29) is 11.7 Å². The lowest BCUT2D eigenvalue weighted by molar-refractivity contribution is -0.136. The fourth-order valence-corrected chi connectivity index (χ4v) is 3.55. The number of aldehydes is 1. The van der Waals surface area contributed by atoms with Gasteiger partial charge in [0.15, 0.2) is 12.1 Å². The van der Waals surface area contributed by atoms with Crippen LogP contribution in [0.3, 0.4) is 0 Å². The molecular formula is C24H26N2O7. The summed E-state index contributed by atoms with van der Waals surface area (Å²) in [5.74, 6) is -0.282. The molecular weight excluding hydrogens is 428 g/mol. The van der Waals surface area contributed by atoms with E-state index in [0.717, 1.165) is 11.1 Å². The summed E-state index contributed by atoms with van der Waals surface area (Å²) >= 11 is 0. The fraction of sp³-hybridized carbons (Fsp3) is 0.333. The Morgan fingerprint density at radius 1 is 1.12 bits per heavy atom. The van der Waals surface area contributed by atoms with Crippen molar-refractivity contribution in [2.45, 2.75) is 39.1 Å². The van der Waals surface area contributed by atoms with Crippen LogP contribution < -0.4 is 10.1 Å². The molecule has 0 saturated heterocycles. The number of fused-ring (bicyclic) bond motifs is 1. The number of carbonyl (C=O) groups excluding carboxylic acids is 3. The van der Waals surface area contributed by atoms with Crippen LogP contribution in [0.15, 0.2) is 42.5 Å². The Hall–Kier alpha value is -3.72. The molecule has 0 bridgehead atoms. The lowest BCUT2D eigenvalue weighted by atomic mass is 9.97. The van der Waals surface area contributed by atoms with Crippen LogP contribution in [0.4, 0.5) is 4.79 Å². The number of ether oxygens (including phenoxy) is 2. The van der Waals surface area contributed by atoms with E-state index in [9.17, 15) is 19.2 Å². The zero-order valence-electron chi connectivity index (χ0n) is 18.4. The molecule has 1 heterocycles. The van der Waals surface area contributed by atoms with Crippen LogP contribution >= 0.6 is 0 Å². The third-order valence-corrected chi connectivity index (χ3v) is 5.33. The van der Waals surface area contributed by atoms with Gasteiger partial charge in [0.25, 0.3) is 12.2 Å². The van der Waals surface area contributed by atoms with Crippen LogP contribution in [0.25, 0.3) is 0 Å². The smallest absolute Gasteiger partial charge is 0.407 e. The van der Waals surface area contributed by atoms with Crippen molar-refractivity contribution >= 4 is 24.1 Å². The first-order chi connectivity index (χ1) is 15.8. The summed E-state index contributed by atoms with van der Waals surface area (Å²) in [4.78, 5) is 48.8. The summed E-state index contributed by atoms with van der Waals surface area (Å²) in [6.45, 7) is 4.33. The molecule has 2 atom stereocenters. The Balaban J connectivity index is 1.61. The van der Waals surface area contributed by atoms with Gasteiger partial charge in [0.2, 0.25) is 0 Å². The topological polar surface area (TPSA) is 122 Å². The summed E-state index contributed by atoms with van der Waals surface area (Å²) in [5.41, 5.74) is 2.59. The summed E-state index contributed by atoms with van der Waals surface area (Å²) < 4.78 is 10.5. The van der Waals surface area contributed by atoms with Crippen molar-refractivity contribution in [1.82, 2.24) is 10.2 Å². The van der Waals surface area contributed by atoms with Crippen LogP contribution in [0.1, 0.15) is 45.7 Å². The number of amides is 2. The number of hydrogen-bond acceptors (Lipinski definition) is 6. The predicted octanol–water partition coefficient (Wildman–Crippen LogP) is 2.66. The average molecular weight is 454 g/mol. The second kappa shape index (κ2) is 10.7. The molecule has 3 rings (SSSR count). The first-order valence-electron chi connectivity index (χ1n) is 10.6. The van der Waals surface area contributed by atoms with Gasteiger partial charge >= 0.3 is 6.09 Å². The highest BCUT2D eigenvalue weighted by Gasteiger charge is 2.23. The van der Waals surface area contributed by atoms with E-state index in [4.69, 9.17) is 14.6 Å². The number of ketones is 1. The zero-order valence-corrected chi connectivity index (χ0v) is 18.4. The Bertz CT molecular complexity index is 1040. The van der Waals surface area contributed by atoms with Crippen LogP contribution in [0.2, 0.25) is 0 Å². The van der Waals surface area contributed by atoms with Crippen LogP contribution in [0.5, 0.6) is 5.75 Å². The molecule has 1 aliphatic heterocycles. The maximum Gasteiger partial charge on any atom is 0.407 e. The second-order valence-corrected chi connectivity index (χ2v) is 7.60. The highest BCUT2D eigenvalue weighted by Crippen LogP contribution is 2.21. The number of carboxylic acid groups (broad SMARTS) is 1. The van der Waals surface area contributed by atoms with Crippen molar-refractivity contribution in [2.75, 3.05) is 13.2 Å². The third-order valence-electron chi connectivity index (χ3n) is 5.33. The van der Waals surface area contributed by atoms with Crippen LogP contribution in [0, 0.1) is 0 Å². The van der Waals surface area contributed by atoms with E-state index >= 15 is 0 Å². The lowest BCUT2D eigenvalue weighted by Gasteiger charge is -2.26. The minimum absolute atomic E-state index is 0.276. The standard InChI is InChI=1S/C24H26N2O7/c1-3-32-21(14-27)33-20-8-6-16(7-9-20)22(28)15(2)25-23(29)18-4-5-19-13-26(24(30)31)11-10-17(19)12-18/h4-9,12,14-15,21H,3,10-11,13H2,1-2H3,(H,25,29)(H,30,31). The molecule has 0 fully saturated rings. The summed E-state index contributed by atoms with van der Waals surface area (Å²) in [6.07, 6.45) is -0.908. The van der Waals surface area contributed by atoms with Crippen LogP contribution in [-0.4, -0.2) is 59.6 Å². The molecule has 0 aliphatic carbocycles. The van der Waals surface area contributed by atoms with Gasteiger partial charge in [-0.05, 0) is 67.8 Å². The number of nitrogens with zero attached hydrogens (tertiary/aromatic N) is 1. The van der Waals surface area contributed by atoms with E-state index in [1.165, 1.54) is 4.90 Å². The molecule has 0 spiro atoms. The van der Waals surface area contributed by atoms with Crippen molar-refractivity contribution in [3.05, 3.63) is 64.7 Å². The number of nitrogens with one attached hydrogen (secondary N) is 1. The number of rotatable bonds is 9. The highest BCUT2D eigenvalue weighted by atomic mass is 16.7. The molecule has 174 valence electrons. The van der Waals surface area contributed by atoms with Gasteiger partial charge in [-0.2, -0.15) is 0 Å². The third kappa shape index (κ3) is 5.95. The number of Topliss-reactive ketones (excluding diaryl/α,β-unsaturated/α-hetero) is 1. The van der Waals surface area contributed by atoms with E-state index < -0.39 is 18.4 Å². The van der Waals surface area contributed by atoms with Gasteiger partial charge in [-0.1, -0.05) is 6.07 Å². The molecule has 0 saturated carbocycles. The SMILES string of the molecule is CCOC(C=O)Oc1ccc(C(=O)C(C)NC(=O)c2ccc3c(c2)CCN(C(=O)O)C3)cc1. The van der Waals surface area contributed by atoms with Crippen LogP contribution in [-0.2, 0) is 22.5 Å². The predicted molar refractivity (Wildman–Crippen MR) is 118 cm³/mol. The van der Waals surface area contributed by atoms with Gasteiger partial charge < -0.3 is 24.8 Å². The number of benzene rings is 2. The molecule has 0 radical (unpaired) electrons. The van der Waals surface area contributed by atoms with Gasteiger partial charge in [-0.3, -0.25) is 14.4 Å². The molecule has 2 aromatic carbocycles. The van der Waals surface area contributed by atoms with Gasteiger partial charge in [0.05, 0.1) is 6.04 Å². The molecule has 2 unspecified atom stereocenters. The summed E-state index contributed by atoms with van der Waals surface area (Å²) in [5, 5.41) is 11.9. The molecule has 0 aromatic heterocycles. The Morgan fingerprint density at radius 3 is 2.45 bits per heavy atom. The number of hydrogen-bond donors (Lipinski definition) is 2. The van der Waals surface area contributed by atoms with Gasteiger partial charge in [-0.25, -0.2) is 4.79 Å². The van der Waals surface area contributed by atoms with Gasteiger partial charge in [0, 0.05) is 30.8 Å². The Morgan fingerprint density at radius 2 is 1.82 bits per heavy atom. The molecule has 2 amide bonds. The summed E-state index contributed by atoms with van der Waals surface area (Å²) in [7, 11) is 0. The molecule has 33 heavy (non-hydrogen) atoms. The molecule has 2 N–H and O–H groups in total. The van der Waals surface area contributed by atoms with Crippen molar-refractivity contribution < 1.29 is 33.8 Å². The largest absolute Gasteiger partial charge is 0.465 e. The molecule has 9 heteroatoms. The van der Waals surface area contributed by atoms with Crippen molar-refractivity contribution in [2.24, 2.45) is 0 Å².